The summed E-state index contributed by atoms with van der Waals surface area (Å²) >= 11 is 6.04. The Balaban J connectivity index is 1.70. The van der Waals surface area contributed by atoms with E-state index in [1.165, 1.54) is 0 Å². The fourth-order valence-corrected chi connectivity index (χ4v) is 2.43. The molecule has 0 saturated heterocycles. The molecule has 5 heteroatoms. The molecule has 4 nitrogen and oxygen atoms in total. The molecule has 22 heavy (non-hydrogen) atoms. The van der Waals surface area contributed by atoms with Crippen molar-refractivity contribution in [3.63, 3.8) is 0 Å². The minimum absolute atomic E-state index is 0.644. The zero-order valence-corrected chi connectivity index (χ0v) is 12.9. The van der Waals surface area contributed by atoms with Gasteiger partial charge in [-0.15, -0.1) is 0 Å². The van der Waals surface area contributed by atoms with Gasteiger partial charge in [0.2, 0.25) is 0 Å². The fraction of sp³-hybridized carbons (Fsp3) is 0.118. The topological polar surface area (TPSA) is 39.1 Å². The normalized spacial score (nSPS) is 10.5. The maximum Gasteiger partial charge on any atom is 0.123 e. The van der Waals surface area contributed by atoms with E-state index in [4.69, 9.17) is 16.3 Å². The molecule has 0 aliphatic heterocycles. The smallest absolute Gasteiger partial charge is 0.123 e. The molecule has 0 bridgehead atoms. The lowest BCUT2D eigenvalue weighted by atomic mass is 10.2. The molecule has 0 atom stereocenters. The van der Waals surface area contributed by atoms with Crippen LogP contribution >= 0.6 is 11.6 Å². The van der Waals surface area contributed by atoms with Crippen molar-refractivity contribution in [3.8, 4) is 11.4 Å². The number of nitrogens with zero attached hydrogens (tertiary/aromatic N) is 2. The van der Waals surface area contributed by atoms with Crippen LogP contribution in [0.15, 0.2) is 60.9 Å². The molecule has 0 fully saturated rings. The van der Waals surface area contributed by atoms with Gasteiger partial charge in [-0.05, 0) is 48.5 Å². The van der Waals surface area contributed by atoms with Crippen LogP contribution in [0.2, 0.25) is 5.02 Å². The van der Waals surface area contributed by atoms with Crippen LogP contribution in [-0.2, 0) is 6.54 Å². The van der Waals surface area contributed by atoms with Crippen molar-refractivity contribution in [1.29, 1.82) is 0 Å². The van der Waals surface area contributed by atoms with E-state index in [9.17, 15) is 0 Å². The average Bonchev–Trinajstić information content (AvgIpc) is 3.08. The van der Waals surface area contributed by atoms with Crippen LogP contribution in [0.25, 0.3) is 5.69 Å². The lowest BCUT2D eigenvalue weighted by Gasteiger charge is -2.11. The molecule has 0 aliphatic carbocycles. The van der Waals surface area contributed by atoms with Crippen LogP contribution in [-0.4, -0.2) is 16.9 Å². The zero-order valence-electron chi connectivity index (χ0n) is 12.2. The highest BCUT2D eigenvalue weighted by Crippen LogP contribution is 2.23. The molecule has 3 rings (SSSR count). The van der Waals surface area contributed by atoms with Gasteiger partial charge in [0, 0.05) is 35.2 Å². The van der Waals surface area contributed by atoms with Crippen LogP contribution in [0.1, 0.15) is 5.56 Å². The van der Waals surface area contributed by atoms with E-state index in [1.54, 1.807) is 13.3 Å². The van der Waals surface area contributed by atoms with Crippen LogP contribution in [0, 0.1) is 0 Å². The Bertz CT molecular complexity index is 739. The second-order valence-corrected chi connectivity index (χ2v) is 5.24. The molecule has 3 aromatic rings. The van der Waals surface area contributed by atoms with Crippen LogP contribution in [0.5, 0.6) is 5.75 Å². The van der Waals surface area contributed by atoms with Gasteiger partial charge in [0.1, 0.15) is 5.75 Å². The van der Waals surface area contributed by atoms with Crippen molar-refractivity contribution < 1.29 is 4.74 Å². The van der Waals surface area contributed by atoms with Gasteiger partial charge < -0.3 is 10.1 Å². The number of aromatic nitrogens is 2. The molecule has 1 heterocycles. The highest BCUT2D eigenvalue weighted by Gasteiger charge is 2.04. The number of hydrogen-bond acceptors (Lipinski definition) is 3. The molecular weight excluding hydrogens is 298 g/mol. The third-order valence-corrected chi connectivity index (χ3v) is 3.60. The van der Waals surface area contributed by atoms with Gasteiger partial charge in [0.25, 0.3) is 0 Å². The number of halogens is 1. The quantitative estimate of drug-likeness (QED) is 0.769. The fourth-order valence-electron chi connectivity index (χ4n) is 2.24. The first-order valence-corrected chi connectivity index (χ1v) is 7.30. The number of anilines is 1. The molecule has 2 aromatic carbocycles. The van der Waals surface area contributed by atoms with E-state index in [2.05, 4.69) is 10.4 Å². The summed E-state index contributed by atoms with van der Waals surface area (Å²) in [6, 6.07) is 15.6. The number of rotatable bonds is 5. The Morgan fingerprint density at radius 1 is 1.18 bits per heavy atom. The first kappa shape index (κ1) is 14.5. The van der Waals surface area contributed by atoms with Gasteiger partial charge in [0.05, 0.1) is 12.8 Å². The van der Waals surface area contributed by atoms with Gasteiger partial charge in [-0.2, -0.15) is 5.10 Å². The van der Waals surface area contributed by atoms with E-state index in [-0.39, 0.29) is 0 Å². The summed E-state index contributed by atoms with van der Waals surface area (Å²) in [5.74, 6) is 0.824. The van der Waals surface area contributed by atoms with E-state index in [0.29, 0.717) is 11.6 Å². The number of ether oxygens (including phenoxy) is 1. The molecule has 1 aromatic heterocycles. The van der Waals surface area contributed by atoms with Crippen molar-refractivity contribution in [2.24, 2.45) is 0 Å². The SMILES string of the molecule is COc1ccc(Cl)cc1CNc1ccc(-n2cccn2)cc1. The van der Waals surface area contributed by atoms with Gasteiger partial charge in [-0.25, -0.2) is 4.68 Å². The van der Waals surface area contributed by atoms with E-state index < -0.39 is 0 Å². The van der Waals surface area contributed by atoms with Gasteiger partial charge in [-0.3, -0.25) is 0 Å². The number of hydrogen-bond donors (Lipinski definition) is 1. The van der Waals surface area contributed by atoms with Gasteiger partial charge in [-0.1, -0.05) is 11.6 Å². The summed E-state index contributed by atoms with van der Waals surface area (Å²) in [5, 5.41) is 8.27. The molecular formula is C17H16ClN3O. The Labute approximate surface area is 134 Å². The van der Waals surface area contributed by atoms with Crippen molar-refractivity contribution in [2.75, 3.05) is 12.4 Å². The summed E-state index contributed by atoms with van der Waals surface area (Å²) < 4.78 is 7.17. The second-order valence-electron chi connectivity index (χ2n) is 4.81. The third-order valence-electron chi connectivity index (χ3n) is 3.36. The minimum Gasteiger partial charge on any atom is -0.496 e. The largest absolute Gasteiger partial charge is 0.496 e. The van der Waals surface area contributed by atoms with Crippen LogP contribution in [0.4, 0.5) is 5.69 Å². The summed E-state index contributed by atoms with van der Waals surface area (Å²) in [6.45, 7) is 0.644. The minimum atomic E-state index is 0.644. The van der Waals surface area contributed by atoms with E-state index in [1.807, 2.05) is 59.4 Å². The molecule has 112 valence electrons. The first-order valence-electron chi connectivity index (χ1n) is 6.92. The van der Waals surface area contributed by atoms with Crippen molar-refractivity contribution in [1.82, 2.24) is 9.78 Å². The number of benzene rings is 2. The first-order chi connectivity index (χ1) is 10.8. The zero-order chi connectivity index (χ0) is 15.4. The Hall–Kier alpha value is -2.46. The molecule has 0 saturated carbocycles. The highest BCUT2D eigenvalue weighted by molar-refractivity contribution is 6.30. The Morgan fingerprint density at radius 3 is 2.68 bits per heavy atom. The predicted octanol–water partition coefficient (Wildman–Crippen LogP) is 4.15. The molecule has 0 amide bonds. The average molecular weight is 314 g/mol. The van der Waals surface area contributed by atoms with Crippen molar-refractivity contribution >= 4 is 17.3 Å². The maximum absolute atomic E-state index is 6.04. The molecule has 1 N–H and O–H groups in total. The number of nitrogens with one attached hydrogen (secondary N) is 1. The molecule has 0 aliphatic rings. The van der Waals surface area contributed by atoms with Gasteiger partial charge >= 0.3 is 0 Å². The molecule has 0 unspecified atom stereocenters. The van der Waals surface area contributed by atoms with E-state index >= 15 is 0 Å². The maximum atomic E-state index is 6.04. The Kier molecular flexibility index (Phi) is 4.30. The van der Waals surface area contributed by atoms with Crippen LogP contribution < -0.4 is 10.1 Å². The second kappa shape index (κ2) is 6.54. The molecule has 0 spiro atoms. The van der Waals surface area contributed by atoms with Gasteiger partial charge in [0.15, 0.2) is 0 Å². The van der Waals surface area contributed by atoms with Crippen LogP contribution in [0.3, 0.4) is 0 Å². The third kappa shape index (κ3) is 3.23. The standard InChI is InChI=1S/C17H16ClN3O/c1-22-17-8-3-14(18)11-13(17)12-19-15-4-6-16(7-5-15)21-10-2-9-20-21/h2-11,19H,12H2,1H3. The lowest BCUT2D eigenvalue weighted by molar-refractivity contribution is 0.410. The monoisotopic (exact) mass is 313 g/mol. The van der Waals surface area contributed by atoms with Crippen molar-refractivity contribution in [2.45, 2.75) is 6.54 Å². The lowest BCUT2D eigenvalue weighted by Crippen LogP contribution is -2.02. The predicted molar refractivity (Wildman–Crippen MR) is 88.9 cm³/mol. The summed E-state index contributed by atoms with van der Waals surface area (Å²) in [7, 11) is 1.66. The summed E-state index contributed by atoms with van der Waals surface area (Å²) in [5.41, 5.74) is 3.07. The number of methoxy groups -OCH3 is 1. The van der Waals surface area contributed by atoms with Crippen molar-refractivity contribution in [3.05, 3.63) is 71.5 Å². The summed E-state index contributed by atoms with van der Waals surface area (Å²) in [4.78, 5) is 0. The highest BCUT2D eigenvalue weighted by atomic mass is 35.5. The molecule has 0 radical (unpaired) electrons. The Morgan fingerprint density at radius 2 is 2.00 bits per heavy atom. The van der Waals surface area contributed by atoms with E-state index in [0.717, 1.165) is 22.7 Å². The summed E-state index contributed by atoms with van der Waals surface area (Å²) in [6.07, 6.45) is 3.68.